The molecule has 2 aromatic rings. The van der Waals surface area contributed by atoms with Gasteiger partial charge in [-0.15, -0.1) is 0 Å². The van der Waals surface area contributed by atoms with Crippen molar-refractivity contribution >= 4 is 46.6 Å². The van der Waals surface area contributed by atoms with Gasteiger partial charge in [0, 0.05) is 0 Å². The van der Waals surface area contributed by atoms with E-state index in [4.69, 9.17) is 25.8 Å². The van der Waals surface area contributed by atoms with E-state index in [1.807, 2.05) is 0 Å². The van der Waals surface area contributed by atoms with E-state index >= 15 is 0 Å². The largest absolute Gasteiger partial charge is 0.493 e. The van der Waals surface area contributed by atoms with Gasteiger partial charge >= 0.3 is 5.97 Å². The molecule has 2 amide bonds. The van der Waals surface area contributed by atoms with Crippen LogP contribution in [0.2, 0.25) is 5.02 Å². The van der Waals surface area contributed by atoms with Crippen LogP contribution in [0.1, 0.15) is 25.0 Å². The number of imide groups is 1. The first-order valence-corrected chi connectivity index (χ1v) is 11.1. The van der Waals surface area contributed by atoms with Gasteiger partial charge in [0.25, 0.3) is 11.1 Å². The van der Waals surface area contributed by atoms with Crippen LogP contribution in [0.15, 0.2) is 41.3 Å². The molecule has 1 aliphatic rings. The van der Waals surface area contributed by atoms with Gasteiger partial charge in [-0.1, -0.05) is 23.7 Å². The van der Waals surface area contributed by atoms with Gasteiger partial charge in [-0.3, -0.25) is 19.3 Å². The highest BCUT2D eigenvalue weighted by Crippen LogP contribution is 2.39. The van der Waals surface area contributed by atoms with Crippen molar-refractivity contribution in [2.75, 3.05) is 13.7 Å². The molecular weight excluding hydrogens is 473 g/mol. The molecule has 1 saturated heterocycles. The summed E-state index contributed by atoms with van der Waals surface area (Å²) in [7, 11) is 1.44. The Balaban J connectivity index is 1.77. The molecule has 0 bridgehead atoms. The summed E-state index contributed by atoms with van der Waals surface area (Å²) < 4.78 is 29.2. The molecule has 1 fully saturated rings. The molecule has 0 N–H and O–H groups in total. The SMILES string of the molecule is COc1cc(/C=C2/SC(=O)N(CC(=O)OC(C)C)C2=O)cc(Cl)c1OCc1ccc(F)cc1. The maximum absolute atomic E-state index is 13.1. The number of thioether (sulfide) groups is 1. The Kier molecular flexibility index (Phi) is 7.99. The zero-order chi connectivity index (χ0) is 24.1. The first-order valence-electron chi connectivity index (χ1n) is 9.87. The summed E-state index contributed by atoms with van der Waals surface area (Å²) >= 11 is 7.09. The van der Waals surface area contributed by atoms with E-state index in [1.54, 1.807) is 38.1 Å². The van der Waals surface area contributed by atoms with Crippen LogP contribution in [0, 0.1) is 5.82 Å². The Morgan fingerprint density at radius 1 is 1.21 bits per heavy atom. The number of ether oxygens (including phenoxy) is 3. The van der Waals surface area contributed by atoms with E-state index in [9.17, 15) is 18.8 Å². The zero-order valence-corrected chi connectivity index (χ0v) is 19.7. The number of nitrogens with zero attached hydrogens (tertiary/aromatic N) is 1. The summed E-state index contributed by atoms with van der Waals surface area (Å²) in [6, 6.07) is 9.01. The second-order valence-corrected chi connectivity index (χ2v) is 8.66. The predicted molar refractivity (Wildman–Crippen MR) is 123 cm³/mol. The van der Waals surface area contributed by atoms with E-state index in [0.29, 0.717) is 23.1 Å². The van der Waals surface area contributed by atoms with E-state index in [0.717, 1.165) is 10.5 Å². The van der Waals surface area contributed by atoms with Crippen LogP contribution < -0.4 is 9.47 Å². The van der Waals surface area contributed by atoms with Crippen LogP contribution in [-0.4, -0.2) is 41.8 Å². The van der Waals surface area contributed by atoms with Crippen LogP contribution >= 0.6 is 23.4 Å². The van der Waals surface area contributed by atoms with Crippen molar-refractivity contribution in [1.82, 2.24) is 4.90 Å². The highest BCUT2D eigenvalue weighted by Gasteiger charge is 2.36. The Morgan fingerprint density at radius 3 is 2.55 bits per heavy atom. The van der Waals surface area contributed by atoms with Gasteiger partial charge in [-0.25, -0.2) is 4.39 Å². The molecule has 2 aromatic carbocycles. The average molecular weight is 494 g/mol. The maximum atomic E-state index is 13.1. The third-order valence-corrected chi connectivity index (χ3v) is 5.56. The normalized spacial score (nSPS) is 14.8. The summed E-state index contributed by atoms with van der Waals surface area (Å²) in [5.41, 5.74) is 1.24. The van der Waals surface area contributed by atoms with Crippen LogP contribution in [0.5, 0.6) is 11.5 Å². The molecule has 0 unspecified atom stereocenters. The predicted octanol–water partition coefficient (Wildman–Crippen LogP) is 5.05. The summed E-state index contributed by atoms with van der Waals surface area (Å²) in [4.78, 5) is 37.7. The van der Waals surface area contributed by atoms with Gasteiger partial charge in [-0.2, -0.15) is 0 Å². The van der Waals surface area contributed by atoms with Crippen LogP contribution in [0.25, 0.3) is 6.08 Å². The zero-order valence-electron chi connectivity index (χ0n) is 18.1. The van der Waals surface area contributed by atoms with Crippen molar-refractivity contribution in [2.24, 2.45) is 0 Å². The molecule has 0 atom stereocenters. The van der Waals surface area contributed by atoms with Crippen molar-refractivity contribution in [3.63, 3.8) is 0 Å². The summed E-state index contributed by atoms with van der Waals surface area (Å²) in [6.45, 7) is 3.03. The summed E-state index contributed by atoms with van der Waals surface area (Å²) in [5.74, 6) is -1.01. The Labute approximate surface area is 199 Å². The highest BCUT2D eigenvalue weighted by molar-refractivity contribution is 8.18. The molecule has 7 nitrogen and oxygen atoms in total. The van der Waals surface area contributed by atoms with Gasteiger partial charge in [0.1, 0.15) is 19.0 Å². The van der Waals surface area contributed by atoms with E-state index in [2.05, 4.69) is 0 Å². The second-order valence-electron chi connectivity index (χ2n) is 7.26. The lowest BCUT2D eigenvalue weighted by molar-refractivity contribution is -0.149. The van der Waals surface area contributed by atoms with E-state index in [-0.39, 0.29) is 34.2 Å². The number of amides is 2. The van der Waals surface area contributed by atoms with Crippen LogP contribution in [-0.2, 0) is 20.9 Å². The number of halogens is 2. The third kappa shape index (κ3) is 6.27. The lowest BCUT2D eigenvalue weighted by atomic mass is 10.1. The monoisotopic (exact) mass is 493 g/mol. The molecule has 0 aliphatic carbocycles. The molecule has 0 spiro atoms. The Hall–Kier alpha value is -3.04. The lowest BCUT2D eigenvalue weighted by Crippen LogP contribution is -2.35. The lowest BCUT2D eigenvalue weighted by Gasteiger charge is -2.14. The highest BCUT2D eigenvalue weighted by atomic mass is 35.5. The van der Waals surface area contributed by atoms with Gasteiger partial charge in [0.15, 0.2) is 11.5 Å². The molecule has 0 saturated carbocycles. The van der Waals surface area contributed by atoms with Gasteiger partial charge in [0.05, 0.1) is 23.1 Å². The number of benzene rings is 2. The third-order valence-electron chi connectivity index (χ3n) is 4.37. The molecule has 1 aliphatic heterocycles. The Bertz CT molecular complexity index is 1100. The number of hydrogen-bond donors (Lipinski definition) is 0. The second kappa shape index (κ2) is 10.7. The van der Waals surface area contributed by atoms with Crippen molar-refractivity contribution in [3.05, 3.63) is 63.3 Å². The standard InChI is InChI=1S/C23H21ClFNO6S/c1-13(2)32-20(27)11-26-22(28)19(33-23(26)29)10-15-8-17(24)21(18(9-15)30-3)31-12-14-4-6-16(25)7-5-14/h4-10,13H,11-12H2,1-3H3/b19-10+. The van der Waals surface area contributed by atoms with Crippen molar-refractivity contribution in [3.8, 4) is 11.5 Å². The first-order chi connectivity index (χ1) is 15.7. The fraction of sp³-hybridized carbons (Fsp3) is 0.261. The first kappa shape index (κ1) is 24.6. The summed E-state index contributed by atoms with van der Waals surface area (Å²) in [6.07, 6.45) is 1.13. The number of carbonyl (C=O) groups is 3. The van der Waals surface area contributed by atoms with Crippen molar-refractivity contribution in [1.29, 1.82) is 0 Å². The van der Waals surface area contributed by atoms with Crippen molar-refractivity contribution in [2.45, 2.75) is 26.6 Å². The number of esters is 1. The number of rotatable bonds is 8. The number of methoxy groups -OCH3 is 1. The van der Waals surface area contributed by atoms with Crippen LogP contribution in [0.4, 0.5) is 9.18 Å². The molecule has 3 rings (SSSR count). The topological polar surface area (TPSA) is 82.1 Å². The molecule has 0 radical (unpaired) electrons. The van der Waals surface area contributed by atoms with E-state index in [1.165, 1.54) is 25.3 Å². The smallest absolute Gasteiger partial charge is 0.326 e. The van der Waals surface area contributed by atoms with Crippen LogP contribution in [0.3, 0.4) is 0 Å². The maximum Gasteiger partial charge on any atom is 0.326 e. The number of hydrogen-bond acceptors (Lipinski definition) is 7. The molecule has 0 aromatic heterocycles. The quantitative estimate of drug-likeness (QED) is 0.375. The molecule has 33 heavy (non-hydrogen) atoms. The fourth-order valence-corrected chi connectivity index (χ4v) is 4.03. The number of carbonyl (C=O) groups excluding carboxylic acids is 3. The van der Waals surface area contributed by atoms with Crippen molar-refractivity contribution < 1.29 is 33.0 Å². The van der Waals surface area contributed by atoms with Gasteiger partial charge < -0.3 is 14.2 Å². The molecular formula is C23H21ClFNO6S. The fourth-order valence-electron chi connectivity index (χ4n) is 2.92. The van der Waals surface area contributed by atoms with E-state index < -0.39 is 23.7 Å². The summed E-state index contributed by atoms with van der Waals surface area (Å²) in [5, 5.41) is -0.341. The molecule has 174 valence electrons. The minimum absolute atomic E-state index is 0.135. The average Bonchev–Trinajstić information content (AvgIpc) is 3.00. The molecule has 1 heterocycles. The minimum atomic E-state index is -0.666. The minimum Gasteiger partial charge on any atom is -0.493 e. The van der Waals surface area contributed by atoms with Gasteiger partial charge in [0.2, 0.25) is 0 Å². The van der Waals surface area contributed by atoms with Gasteiger partial charge in [-0.05, 0) is 67.1 Å². The molecule has 10 heteroatoms. The Morgan fingerprint density at radius 2 is 1.91 bits per heavy atom.